The van der Waals surface area contributed by atoms with E-state index in [4.69, 9.17) is 9.98 Å². The third-order valence-corrected chi connectivity index (χ3v) is 15.4. The minimum absolute atomic E-state index is 0.114. The molecule has 0 radical (unpaired) electrons. The van der Waals surface area contributed by atoms with Gasteiger partial charge in [-0.3, -0.25) is 68.5 Å². The summed E-state index contributed by atoms with van der Waals surface area (Å²) >= 11 is 0. The molecule has 0 aliphatic heterocycles. The van der Waals surface area contributed by atoms with Gasteiger partial charge in [0.05, 0.1) is 26.2 Å². The highest BCUT2D eigenvalue weighted by atomic mass is 16.2. The van der Waals surface area contributed by atoms with Crippen molar-refractivity contribution in [2.45, 2.75) is 13.3 Å². The molecule has 23 nitrogen and oxygen atoms in total. The molecule has 5 aromatic carbocycles. The summed E-state index contributed by atoms with van der Waals surface area (Å²) in [5.41, 5.74) is 7.58. The number of carbonyl (C=O) groups excluding carboxylic acids is 5. The van der Waals surface area contributed by atoms with Gasteiger partial charge in [-0.2, -0.15) is 0 Å². The molecule has 0 spiro atoms. The van der Waals surface area contributed by atoms with Crippen LogP contribution >= 0.6 is 0 Å². The van der Waals surface area contributed by atoms with Crippen LogP contribution in [0.25, 0.3) is 0 Å². The smallest absolute Gasteiger partial charge is 0.251 e. The van der Waals surface area contributed by atoms with Gasteiger partial charge in [-0.1, -0.05) is 67.6 Å². The number of aliphatic imine (C=N–C) groups is 5. The summed E-state index contributed by atoms with van der Waals surface area (Å²) in [4.78, 5) is 96.1. The van der Waals surface area contributed by atoms with Gasteiger partial charge in [0, 0.05) is 203 Å². The van der Waals surface area contributed by atoms with E-state index in [0.29, 0.717) is 106 Å². The first-order valence-corrected chi connectivity index (χ1v) is 33.3. The van der Waals surface area contributed by atoms with Crippen molar-refractivity contribution in [2.24, 2.45) is 25.0 Å². The number of carbonyl (C=O) groups is 5. The van der Waals surface area contributed by atoms with E-state index in [1.807, 2.05) is 168 Å². The molecule has 0 unspecified atom stereocenters. The lowest BCUT2D eigenvalue weighted by atomic mass is 10.1. The number of nitrogens with one attached hydrogen (secondary N) is 9. The summed E-state index contributed by atoms with van der Waals surface area (Å²) in [6, 6.07) is 37.1. The van der Waals surface area contributed by atoms with Gasteiger partial charge in [0.25, 0.3) is 29.5 Å². The van der Waals surface area contributed by atoms with Crippen LogP contribution < -0.4 is 47.9 Å². The normalized spacial score (nSPS) is 11.9. The molecule has 95 heavy (non-hydrogen) atoms. The predicted molar refractivity (Wildman–Crippen MR) is 389 cm³/mol. The second-order valence-electron chi connectivity index (χ2n) is 22.7. The summed E-state index contributed by atoms with van der Waals surface area (Å²) in [6.45, 7) is 19.3. The number of likely N-dealkylation sites (N-methyl/N-ethyl adjacent to an activating group) is 4. The van der Waals surface area contributed by atoms with E-state index in [9.17, 15) is 24.0 Å². The molecule has 0 aliphatic carbocycles. The molecule has 0 saturated heterocycles. The van der Waals surface area contributed by atoms with Crippen LogP contribution in [0.15, 0.2) is 146 Å². The van der Waals surface area contributed by atoms with Crippen molar-refractivity contribution < 1.29 is 24.0 Å². The zero-order chi connectivity index (χ0) is 67.9. The average molecular weight is 1300 g/mol. The van der Waals surface area contributed by atoms with Gasteiger partial charge < -0.3 is 47.9 Å². The van der Waals surface area contributed by atoms with E-state index in [-0.39, 0.29) is 29.5 Å². The zero-order valence-electron chi connectivity index (χ0n) is 56.9. The molecule has 512 valence electrons. The standard InChI is InChI=1S/C72H104N18O5/c1-7-28-78-53-58-10-20-64(21-11-58)69(92)83-37-49-89(43-31-75-4)50-38-84-70(93)65-24-14-61(15-25-65)56-81-35-47-88(42-30-74-3)48-36-82-57-62-16-26-67(27-17-62)72(95)86-40-52-90(44-32-76-5)51-39-85-71(94)66-22-12-60(13-23-66)55-80-34-46-87(41-29-73-2)45-33-79-54-59-8-18-63(19-9-59)68(91)77-6/h8-27,53-57,73-76H,7,28-52H2,1-6H3,(H,77,91)(H,83,92)(H,84,93)(H,85,94)(H,86,95)/b78-53+,79-54+,80-55+,81-56+,82-57+. The Kier molecular flexibility index (Phi) is 38.5. The lowest BCUT2D eigenvalue weighted by Gasteiger charge is -2.22. The Morgan fingerprint density at radius 3 is 0.695 bits per heavy atom. The number of amides is 5. The van der Waals surface area contributed by atoms with Gasteiger partial charge in [-0.25, -0.2) is 0 Å². The molecular formula is C72H104N18O5. The Hall–Kier alpha value is -8.52. The Morgan fingerprint density at radius 1 is 0.284 bits per heavy atom. The van der Waals surface area contributed by atoms with Gasteiger partial charge in [-0.15, -0.1) is 0 Å². The highest BCUT2D eigenvalue weighted by molar-refractivity contribution is 5.97. The molecule has 5 aromatic rings. The van der Waals surface area contributed by atoms with Crippen molar-refractivity contribution >= 4 is 60.6 Å². The largest absolute Gasteiger partial charge is 0.355 e. The summed E-state index contributed by atoms with van der Waals surface area (Å²) in [6.07, 6.45) is 10.2. The third-order valence-electron chi connectivity index (χ3n) is 15.4. The summed E-state index contributed by atoms with van der Waals surface area (Å²) in [5.74, 6) is -0.681. The minimum Gasteiger partial charge on any atom is -0.355 e. The Morgan fingerprint density at radius 2 is 0.484 bits per heavy atom. The van der Waals surface area contributed by atoms with Crippen LogP contribution in [0.5, 0.6) is 0 Å². The van der Waals surface area contributed by atoms with Crippen LogP contribution in [0.1, 0.15) is 93.0 Å². The Bertz CT molecular complexity index is 3140. The van der Waals surface area contributed by atoms with Gasteiger partial charge >= 0.3 is 0 Å². The first-order valence-electron chi connectivity index (χ1n) is 33.3. The summed E-state index contributed by atoms with van der Waals surface area (Å²) < 4.78 is 0. The van der Waals surface area contributed by atoms with Crippen molar-refractivity contribution in [2.75, 3.05) is 199 Å². The van der Waals surface area contributed by atoms with Crippen LogP contribution in [0.2, 0.25) is 0 Å². The SMILES string of the molecule is CCC/N=C/c1ccc(C(=O)NCCN(CCNC)CCNC(=O)c2ccc(/C=N/CCN(CC/N=C/c3ccc(C(=O)NCCN(CCNC)CCNC(=O)c4ccc(/C=N/CCN(CC/N=C/c5ccc(C(=O)NC)cc5)CCNC)cc4)cc3)CCNC)cc2)cc1. The fourth-order valence-corrected chi connectivity index (χ4v) is 9.66. The van der Waals surface area contributed by atoms with Crippen LogP contribution in [-0.2, 0) is 0 Å². The van der Waals surface area contributed by atoms with E-state index >= 15 is 0 Å². The van der Waals surface area contributed by atoms with Gasteiger partial charge in [0.15, 0.2) is 0 Å². The van der Waals surface area contributed by atoms with Crippen LogP contribution in [0, 0.1) is 0 Å². The van der Waals surface area contributed by atoms with E-state index < -0.39 is 0 Å². The average Bonchev–Trinajstić information content (AvgIpc) is 1.83. The molecule has 0 saturated carbocycles. The third kappa shape index (κ3) is 32.0. The molecule has 0 aliphatic rings. The first-order chi connectivity index (χ1) is 46.4. The second kappa shape index (κ2) is 47.4. The molecule has 5 amide bonds. The lowest BCUT2D eigenvalue weighted by Crippen LogP contribution is -2.42. The lowest BCUT2D eigenvalue weighted by molar-refractivity contribution is 0.0932. The predicted octanol–water partition coefficient (Wildman–Crippen LogP) is 3.36. The topological polar surface area (TPSA) is 268 Å². The van der Waals surface area contributed by atoms with Crippen molar-refractivity contribution in [3.63, 3.8) is 0 Å². The van der Waals surface area contributed by atoms with Crippen molar-refractivity contribution in [3.8, 4) is 0 Å². The zero-order valence-corrected chi connectivity index (χ0v) is 56.9. The van der Waals surface area contributed by atoms with Gasteiger partial charge in [0.1, 0.15) is 0 Å². The Balaban J connectivity index is 0.948. The van der Waals surface area contributed by atoms with E-state index in [2.05, 4.69) is 89.4 Å². The van der Waals surface area contributed by atoms with Crippen molar-refractivity contribution in [3.05, 3.63) is 177 Å². The molecule has 5 rings (SSSR count). The van der Waals surface area contributed by atoms with E-state index in [1.165, 1.54) is 0 Å². The molecule has 0 atom stereocenters. The maximum absolute atomic E-state index is 13.2. The van der Waals surface area contributed by atoms with Crippen LogP contribution in [0.4, 0.5) is 0 Å². The molecule has 9 N–H and O–H groups in total. The van der Waals surface area contributed by atoms with Crippen LogP contribution in [0.3, 0.4) is 0 Å². The number of benzene rings is 5. The number of nitrogens with zero attached hydrogens (tertiary/aromatic N) is 9. The first kappa shape index (κ1) is 77.2. The van der Waals surface area contributed by atoms with Gasteiger partial charge in [-0.05, 0) is 123 Å². The van der Waals surface area contributed by atoms with Crippen molar-refractivity contribution in [1.82, 2.24) is 67.5 Å². The van der Waals surface area contributed by atoms with Crippen molar-refractivity contribution in [1.29, 1.82) is 0 Å². The maximum atomic E-state index is 13.2. The maximum Gasteiger partial charge on any atom is 0.251 e. The molecule has 0 heterocycles. The molecule has 0 aromatic heterocycles. The fourth-order valence-electron chi connectivity index (χ4n) is 9.66. The van der Waals surface area contributed by atoms with Crippen LogP contribution in [-0.4, -0.2) is 279 Å². The van der Waals surface area contributed by atoms with E-state index in [1.54, 1.807) is 19.2 Å². The molecule has 23 heteroatoms. The molecule has 0 fully saturated rings. The number of hydrogen-bond donors (Lipinski definition) is 9. The molecule has 0 bridgehead atoms. The molecular weight excluding hydrogens is 1200 g/mol. The number of hydrogen-bond acceptors (Lipinski definition) is 18. The minimum atomic E-state index is -0.153. The fraction of sp³-hybridized carbons (Fsp3) is 0.444. The second-order valence-corrected chi connectivity index (χ2v) is 22.7. The summed E-state index contributed by atoms with van der Waals surface area (Å²) in [5, 5.41) is 27.6. The monoisotopic (exact) mass is 1300 g/mol. The highest BCUT2D eigenvalue weighted by Gasteiger charge is 2.14. The van der Waals surface area contributed by atoms with E-state index in [0.717, 1.165) is 119 Å². The highest BCUT2D eigenvalue weighted by Crippen LogP contribution is 2.09. The summed E-state index contributed by atoms with van der Waals surface area (Å²) in [7, 11) is 9.31. The number of rotatable bonds is 48. The quantitative estimate of drug-likeness (QED) is 0.0254. The Labute approximate surface area is 563 Å². The van der Waals surface area contributed by atoms with Gasteiger partial charge in [0.2, 0.25) is 0 Å².